The Morgan fingerprint density at radius 2 is 1.95 bits per heavy atom. The van der Waals surface area contributed by atoms with Crippen LogP contribution in [0.15, 0.2) is 35.4 Å². The first kappa shape index (κ1) is 13.4. The molecule has 1 aromatic carbocycles. The van der Waals surface area contributed by atoms with Crippen LogP contribution in [0.5, 0.6) is 0 Å². The molecule has 0 saturated heterocycles. The SMILES string of the molecule is Cc1nn(C)cc1NS(=O)(=O)c1ccccc1NN. The van der Waals surface area contributed by atoms with Crippen molar-refractivity contribution >= 4 is 21.4 Å². The first-order valence-electron chi connectivity index (χ1n) is 5.53. The Kier molecular flexibility index (Phi) is 3.45. The third-order valence-corrected chi connectivity index (χ3v) is 4.01. The predicted molar refractivity (Wildman–Crippen MR) is 73.0 cm³/mol. The second-order valence-corrected chi connectivity index (χ2v) is 5.70. The molecule has 8 heteroatoms. The number of para-hydroxylation sites is 1. The van der Waals surface area contributed by atoms with E-state index in [-0.39, 0.29) is 4.90 Å². The number of rotatable bonds is 4. The van der Waals surface area contributed by atoms with Crippen molar-refractivity contribution in [3.63, 3.8) is 0 Å². The number of sulfonamides is 1. The molecule has 0 aliphatic carbocycles. The molecule has 2 aromatic rings. The molecule has 0 spiro atoms. The molecule has 102 valence electrons. The number of nitrogen functional groups attached to an aromatic ring is 1. The highest BCUT2D eigenvalue weighted by Gasteiger charge is 2.19. The highest BCUT2D eigenvalue weighted by molar-refractivity contribution is 7.92. The Morgan fingerprint density at radius 1 is 1.26 bits per heavy atom. The van der Waals surface area contributed by atoms with Gasteiger partial charge in [0.1, 0.15) is 4.90 Å². The average molecular weight is 281 g/mol. The van der Waals surface area contributed by atoms with Crippen molar-refractivity contribution in [2.45, 2.75) is 11.8 Å². The summed E-state index contributed by atoms with van der Waals surface area (Å²) in [6.07, 6.45) is 1.60. The van der Waals surface area contributed by atoms with Gasteiger partial charge in [0.2, 0.25) is 0 Å². The van der Waals surface area contributed by atoms with Gasteiger partial charge in [0.15, 0.2) is 0 Å². The lowest BCUT2D eigenvalue weighted by Gasteiger charge is -2.10. The minimum absolute atomic E-state index is 0.0840. The number of hydrazine groups is 1. The highest BCUT2D eigenvalue weighted by atomic mass is 32.2. The summed E-state index contributed by atoms with van der Waals surface area (Å²) in [5, 5.41) is 4.08. The molecule has 1 heterocycles. The van der Waals surface area contributed by atoms with E-state index in [0.717, 1.165) is 0 Å². The van der Waals surface area contributed by atoms with Crippen LogP contribution in [-0.2, 0) is 17.1 Å². The van der Waals surface area contributed by atoms with Gasteiger partial charge in [-0.3, -0.25) is 15.2 Å². The topological polar surface area (TPSA) is 102 Å². The number of nitrogens with zero attached hydrogens (tertiary/aromatic N) is 2. The Balaban J connectivity index is 2.40. The quantitative estimate of drug-likeness (QED) is 0.568. The standard InChI is InChI=1S/C11H15N5O2S/c1-8-10(7-16(2)14-8)15-19(17,18)11-6-4-3-5-9(11)13-12/h3-7,13,15H,12H2,1-2H3. The molecule has 0 atom stereocenters. The third-order valence-electron chi connectivity index (χ3n) is 2.59. The Labute approximate surface area is 111 Å². The van der Waals surface area contributed by atoms with Crippen molar-refractivity contribution in [1.29, 1.82) is 0 Å². The van der Waals surface area contributed by atoms with Gasteiger partial charge in [-0.25, -0.2) is 8.42 Å². The minimum atomic E-state index is -3.71. The molecule has 1 aromatic heterocycles. The monoisotopic (exact) mass is 281 g/mol. The maximum absolute atomic E-state index is 12.3. The van der Waals surface area contributed by atoms with Gasteiger partial charge in [-0.05, 0) is 19.1 Å². The van der Waals surface area contributed by atoms with Crippen LogP contribution in [0, 0.1) is 6.92 Å². The maximum atomic E-state index is 12.3. The van der Waals surface area contributed by atoms with E-state index in [9.17, 15) is 8.42 Å². The number of aromatic nitrogens is 2. The lowest BCUT2D eigenvalue weighted by Crippen LogP contribution is -2.17. The minimum Gasteiger partial charge on any atom is -0.323 e. The molecule has 0 radical (unpaired) electrons. The van der Waals surface area contributed by atoms with Gasteiger partial charge in [-0.15, -0.1) is 0 Å². The molecule has 4 N–H and O–H groups in total. The largest absolute Gasteiger partial charge is 0.323 e. The zero-order valence-corrected chi connectivity index (χ0v) is 11.4. The van der Waals surface area contributed by atoms with Gasteiger partial charge >= 0.3 is 0 Å². The van der Waals surface area contributed by atoms with Gasteiger partial charge in [-0.1, -0.05) is 12.1 Å². The van der Waals surface area contributed by atoms with Crippen molar-refractivity contribution in [1.82, 2.24) is 9.78 Å². The van der Waals surface area contributed by atoms with E-state index in [1.54, 1.807) is 43.0 Å². The van der Waals surface area contributed by atoms with Crippen LogP contribution < -0.4 is 16.0 Å². The fourth-order valence-corrected chi connectivity index (χ4v) is 2.99. The molecule has 0 unspecified atom stereocenters. The summed E-state index contributed by atoms with van der Waals surface area (Å²) in [5.74, 6) is 5.32. The summed E-state index contributed by atoms with van der Waals surface area (Å²) in [7, 11) is -1.99. The van der Waals surface area contributed by atoms with E-state index in [1.807, 2.05) is 0 Å². The van der Waals surface area contributed by atoms with Crippen molar-refractivity contribution in [2.75, 3.05) is 10.1 Å². The Morgan fingerprint density at radius 3 is 2.53 bits per heavy atom. The highest BCUT2D eigenvalue weighted by Crippen LogP contribution is 2.23. The summed E-state index contributed by atoms with van der Waals surface area (Å²) < 4.78 is 28.6. The Bertz CT molecular complexity index is 693. The molecule has 7 nitrogen and oxygen atoms in total. The zero-order valence-electron chi connectivity index (χ0n) is 10.6. The van der Waals surface area contributed by atoms with E-state index in [0.29, 0.717) is 17.1 Å². The normalized spacial score (nSPS) is 11.3. The third kappa shape index (κ3) is 2.69. The van der Waals surface area contributed by atoms with Crippen molar-refractivity contribution in [3.8, 4) is 0 Å². The molecule has 0 bridgehead atoms. The van der Waals surface area contributed by atoms with Crippen LogP contribution in [0.4, 0.5) is 11.4 Å². The number of benzene rings is 1. The van der Waals surface area contributed by atoms with Crippen LogP contribution in [0.2, 0.25) is 0 Å². The average Bonchev–Trinajstić information content (AvgIpc) is 2.67. The Hall–Kier alpha value is -2.06. The zero-order chi connectivity index (χ0) is 14.0. The number of nitrogens with one attached hydrogen (secondary N) is 2. The maximum Gasteiger partial charge on any atom is 0.264 e. The van der Waals surface area contributed by atoms with Crippen molar-refractivity contribution in [2.24, 2.45) is 12.9 Å². The van der Waals surface area contributed by atoms with Gasteiger partial charge in [0.25, 0.3) is 10.0 Å². The molecular formula is C11H15N5O2S. The summed E-state index contributed by atoms with van der Waals surface area (Å²) in [5.41, 5.74) is 3.74. The number of nitrogens with two attached hydrogens (primary N) is 1. The van der Waals surface area contributed by atoms with Crippen LogP contribution in [0.3, 0.4) is 0 Å². The lowest BCUT2D eigenvalue weighted by molar-refractivity contribution is 0.601. The fourth-order valence-electron chi connectivity index (χ4n) is 1.72. The van der Waals surface area contributed by atoms with Gasteiger partial charge in [0, 0.05) is 13.2 Å². The summed E-state index contributed by atoms with van der Waals surface area (Å²) in [4.78, 5) is 0.0840. The number of hydrogen-bond acceptors (Lipinski definition) is 5. The summed E-state index contributed by atoms with van der Waals surface area (Å²) in [6, 6.07) is 6.39. The van der Waals surface area contributed by atoms with Crippen LogP contribution >= 0.6 is 0 Å². The predicted octanol–water partition coefficient (Wildman–Crippen LogP) is 0.815. The van der Waals surface area contributed by atoms with Crippen LogP contribution in [-0.4, -0.2) is 18.2 Å². The lowest BCUT2D eigenvalue weighted by atomic mass is 10.3. The molecule has 2 rings (SSSR count). The molecule has 0 fully saturated rings. The molecular weight excluding hydrogens is 266 g/mol. The fraction of sp³-hybridized carbons (Fsp3) is 0.182. The second kappa shape index (κ2) is 4.90. The van der Waals surface area contributed by atoms with Gasteiger partial charge < -0.3 is 5.43 Å². The van der Waals surface area contributed by atoms with Gasteiger partial charge in [0.05, 0.1) is 17.1 Å². The van der Waals surface area contributed by atoms with Crippen LogP contribution in [0.1, 0.15) is 5.69 Å². The van der Waals surface area contributed by atoms with Crippen LogP contribution in [0.25, 0.3) is 0 Å². The summed E-state index contributed by atoms with van der Waals surface area (Å²) >= 11 is 0. The molecule has 0 aliphatic heterocycles. The molecule has 19 heavy (non-hydrogen) atoms. The second-order valence-electron chi connectivity index (χ2n) is 4.05. The number of hydrogen-bond donors (Lipinski definition) is 3. The van der Waals surface area contributed by atoms with E-state index < -0.39 is 10.0 Å². The first-order valence-corrected chi connectivity index (χ1v) is 7.01. The van der Waals surface area contributed by atoms with E-state index in [1.165, 1.54) is 6.07 Å². The van der Waals surface area contributed by atoms with E-state index >= 15 is 0 Å². The first-order chi connectivity index (χ1) is 8.94. The summed E-state index contributed by atoms with van der Waals surface area (Å²) in [6.45, 7) is 1.73. The van der Waals surface area contributed by atoms with E-state index in [4.69, 9.17) is 5.84 Å². The van der Waals surface area contributed by atoms with Gasteiger partial charge in [-0.2, -0.15) is 5.10 Å². The van der Waals surface area contributed by atoms with Crippen molar-refractivity contribution < 1.29 is 8.42 Å². The van der Waals surface area contributed by atoms with Crippen molar-refractivity contribution in [3.05, 3.63) is 36.2 Å². The molecule has 0 amide bonds. The number of anilines is 2. The smallest absolute Gasteiger partial charge is 0.264 e. The van der Waals surface area contributed by atoms with E-state index in [2.05, 4.69) is 15.2 Å². The molecule has 0 saturated carbocycles. The number of aryl methyl sites for hydroxylation is 2. The molecule has 0 aliphatic rings.